The maximum Gasteiger partial charge on any atom is 0.101 e. The molecule has 1 fully saturated rings. The molecule has 0 saturated carbocycles. The minimum Gasteiger partial charge on any atom is -0.365 e. The standard InChI is InChI=1S/C15H21N3/c1-3-4-13-5-6-15(14(9-13)10-16)18-8-7-17-11-12(18)2/h5-6,9,12,17H,3-4,7-8,11H2,1-2H3/t12-/m0/s1. The Hall–Kier alpha value is -1.53. The number of nitriles is 1. The predicted molar refractivity (Wildman–Crippen MR) is 74.8 cm³/mol. The fourth-order valence-electron chi connectivity index (χ4n) is 2.57. The van der Waals surface area contributed by atoms with E-state index in [0.29, 0.717) is 6.04 Å². The van der Waals surface area contributed by atoms with Gasteiger partial charge in [0.2, 0.25) is 0 Å². The lowest BCUT2D eigenvalue weighted by Crippen LogP contribution is -2.50. The van der Waals surface area contributed by atoms with Crippen molar-refractivity contribution in [3.05, 3.63) is 29.3 Å². The van der Waals surface area contributed by atoms with Crippen LogP contribution in [0.1, 0.15) is 31.4 Å². The first kappa shape index (κ1) is 12.9. The summed E-state index contributed by atoms with van der Waals surface area (Å²) in [6.07, 6.45) is 2.17. The Morgan fingerprint density at radius 2 is 2.33 bits per heavy atom. The summed E-state index contributed by atoms with van der Waals surface area (Å²) < 4.78 is 0. The van der Waals surface area contributed by atoms with Crippen molar-refractivity contribution in [2.24, 2.45) is 0 Å². The first-order chi connectivity index (χ1) is 8.76. The lowest BCUT2D eigenvalue weighted by molar-refractivity contribution is 0.500. The molecule has 0 unspecified atom stereocenters. The number of benzene rings is 1. The topological polar surface area (TPSA) is 39.1 Å². The van der Waals surface area contributed by atoms with Gasteiger partial charge in [-0.15, -0.1) is 0 Å². The number of anilines is 1. The van der Waals surface area contributed by atoms with Crippen LogP contribution in [-0.4, -0.2) is 25.7 Å². The summed E-state index contributed by atoms with van der Waals surface area (Å²) in [6.45, 7) is 7.32. The third-order valence-corrected chi connectivity index (χ3v) is 3.53. The molecule has 1 N–H and O–H groups in total. The first-order valence-corrected chi connectivity index (χ1v) is 6.76. The molecule has 0 bridgehead atoms. The Morgan fingerprint density at radius 1 is 1.50 bits per heavy atom. The van der Waals surface area contributed by atoms with E-state index in [4.69, 9.17) is 0 Å². The van der Waals surface area contributed by atoms with Gasteiger partial charge in [0.15, 0.2) is 0 Å². The molecule has 0 spiro atoms. The van der Waals surface area contributed by atoms with Gasteiger partial charge in [0.1, 0.15) is 6.07 Å². The van der Waals surface area contributed by atoms with Crippen molar-refractivity contribution >= 4 is 5.69 Å². The summed E-state index contributed by atoms with van der Waals surface area (Å²) in [6, 6.07) is 9.12. The molecule has 0 amide bonds. The third-order valence-electron chi connectivity index (χ3n) is 3.53. The molecule has 1 saturated heterocycles. The zero-order chi connectivity index (χ0) is 13.0. The highest BCUT2D eigenvalue weighted by molar-refractivity contribution is 5.61. The Bertz CT molecular complexity index is 448. The average Bonchev–Trinajstić information content (AvgIpc) is 2.40. The lowest BCUT2D eigenvalue weighted by Gasteiger charge is -2.36. The molecule has 1 aromatic rings. The van der Waals surface area contributed by atoms with E-state index in [1.807, 2.05) is 6.07 Å². The molecule has 3 nitrogen and oxygen atoms in total. The van der Waals surface area contributed by atoms with Gasteiger partial charge in [-0.05, 0) is 31.0 Å². The summed E-state index contributed by atoms with van der Waals surface area (Å²) in [7, 11) is 0. The second-order valence-electron chi connectivity index (χ2n) is 4.96. The van der Waals surface area contributed by atoms with Crippen LogP contribution in [0.5, 0.6) is 0 Å². The molecule has 1 aliphatic rings. The summed E-state index contributed by atoms with van der Waals surface area (Å²) in [4.78, 5) is 2.34. The minimum atomic E-state index is 0.447. The molecule has 0 radical (unpaired) electrons. The smallest absolute Gasteiger partial charge is 0.101 e. The molecular weight excluding hydrogens is 222 g/mol. The van der Waals surface area contributed by atoms with Crippen molar-refractivity contribution in [3.63, 3.8) is 0 Å². The number of aryl methyl sites for hydroxylation is 1. The number of nitrogens with zero attached hydrogens (tertiary/aromatic N) is 2. The molecule has 1 heterocycles. The minimum absolute atomic E-state index is 0.447. The highest BCUT2D eigenvalue weighted by atomic mass is 15.2. The maximum absolute atomic E-state index is 9.34. The van der Waals surface area contributed by atoms with E-state index in [9.17, 15) is 5.26 Å². The molecule has 1 aliphatic heterocycles. The maximum atomic E-state index is 9.34. The fourth-order valence-corrected chi connectivity index (χ4v) is 2.57. The van der Waals surface area contributed by atoms with E-state index in [2.05, 4.69) is 42.3 Å². The summed E-state index contributed by atoms with van der Waals surface area (Å²) in [5.74, 6) is 0. The number of hydrogen-bond acceptors (Lipinski definition) is 3. The Morgan fingerprint density at radius 3 is 3.00 bits per heavy atom. The van der Waals surface area contributed by atoms with Crippen molar-refractivity contribution < 1.29 is 0 Å². The second-order valence-corrected chi connectivity index (χ2v) is 4.96. The highest BCUT2D eigenvalue weighted by Gasteiger charge is 2.20. The van der Waals surface area contributed by atoms with Gasteiger partial charge in [0.25, 0.3) is 0 Å². The van der Waals surface area contributed by atoms with Gasteiger partial charge in [0, 0.05) is 25.7 Å². The fraction of sp³-hybridized carbons (Fsp3) is 0.533. The van der Waals surface area contributed by atoms with Crippen LogP contribution in [0.2, 0.25) is 0 Å². The van der Waals surface area contributed by atoms with Crippen LogP contribution in [0.25, 0.3) is 0 Å². The van der Waals surface area contributed by atoms with Gasteiger partial charge in [0.05, 0.1) is 11.3 Å². The van der Waals surface area contributed by atoms with E-state index in [1.165, 1.54) is 5.56 Å². The SMILES string of the molecule is CCCc1ccc(N2CCNC[C@@H]2C)c(C#N)c1. The molecular formula is C15H21N3. The van der Waals surface area contributed by atoms with Crippen LogP contribution >= 0.6 is 0 Å². The van der Waals surface area contributed by atoms with Gasteiger partial charge in [-0.1, -0.05) is 19.4 Å². The molecule has 2 rings (SSSR count). The van der Waals surface area contributed by atoms with Crippen molar-refractivity contribution in [2.75, 3.05) is 24.5 Å². The average molecular weight is 243 g/mol. The van der Waals surface area contributed by atoms with Crippen molar-refractivity contribution in [3.8, 4) is 6.07 Å². The van der Waals surface area contributed by atoms with Crippen LogP contribution in [0.4, 0.5) is 5.69 Å². The van der Waals surface area contributed by atoms with Crippen molar-refractivity contribution in [1.82, 2.24) is 5.32 Å². The largest absolute Gasteiger partial charge is 0.365 e. The van der Waals surface area contributed by atoms with Gasteiger partial charge >= 0.3 is 0 Å². The zero-order valence-electron chi connectivity index (χ0n) is 11.2. The van der Waals surface area contributed by atoms with Gasteiger partial charge in [-0.25, -0.2) is 0 Å². The Balaban J connectivity index is 2.29. The lowest BCUT2D eigenvalue weighted by atomic mass is 10.0. The highest BCUT2D eigenvalue weighted by Crippen LogP contribution is 2.24. The van der Waals surface area contributed by atoms with E-state index >= 15 is 0 Å². The van der Waals surface area contributed by atoms with E-state index in [0.717, 1.165) is 43.7 Å². The molecule has 18 heavy (non-hydrogen) atoms. The molecule has 1 aromatic carbocycles. The third kappa shape index (κ3) is 2.65. The second kappa shape index (κ2) is 5.88. The molecule has 96 valence electrons. The van der Waals surface area contributed by atoms with Crippen molar-refractivity contribution in [2.45, 2.75) is 32.7 Å². The number of hydrogen-bond donors (Lipinski definition) is 1. The molecule has 3 heteroatoms. The van der Waals surface area contributed by atoms with Crippen LogP contribution in [0.3, 0.4) is 0 Å². The van der Waals surface area contributed by atoms with Crippen LogP contribution in [0, 0.1) is 11.3 Å². The van der Waals surface area contributed by atoms with Crippen LogP contribution in [0.15, 0.2) is 18.2 Å². The summed E-state index contributed by atoms with van der Waals surface area (Å²) >= 11 is 0. The number of piperazine rings is 1. The van der Waals surface area contributed by atoms with Crippen LogP contribution in [-0.2, 0) is 6.42 Å². The summed E-state index contributed by atoms with van der Waals surface area (Å²) in [5.41, 5.74) is 3.17. The molecule has 1 atom stereocenters. The summed E-state index contributed by atoms with van der Waals surface area (Å²) in [5, 5.41) is 12.7. The Kier molecular flexibility index (Phi) is 4.22. The number of nitrogens with one attached hydrogen (secondary N) is 1. The van der Waals surface area contributed by atoms with Gasteiger partial charge in [-0.2, -0.15) is 5.26 Å². The zero-order valence-corrected chi connectivity index (χ0v) is 11.2. The van der Waals surface area contributed by atoms with E-state index < -0.39 is 0 Å². The quantitative estimate of drug-likeness (QED) is 0.885. The Labute approximate surface area is 109 Å². The van der Waals surface area contributed by atoms with Crippen LogP contribution < -0.4 is 10.2 Å². The first-order valence-electron chi connectivity index (χ1n) is 6.76. The monoisotopic (exact) mass is 243 g/mol. The molecule has 0 aliphatic carbocycles. The molecule has 0 aromatic heterocycles. The van der Waals surface area contributed by atoms with Gasteiger partial charge in [-0.3, -0.25) is 0 Å². The van der Waals surface area contributed by atoms with Crippen molar-refractivity contribution in [1.29, 1.82) is 5.26 Å². The van der Waals surface area contributed by atoms with Gasteiger partial charge < -0.3 is 10.2 Å². The number of rotatable bonds is 3. The predicted octanol–water partition coefficient (Wildman–Crippen LogP) is 2.31. The normalized spacial score (nSPS) is 19.6. The van der Waals surface area contributed by atoms with E-state index in [1.54, 1.807) is 0 Å². The van der Waals surface area contributed by atoms with E-state index in [-0.39, 0.29) is 0 Å².